The Morgan fingerprint density at radius 1 is 1.30 bits per heavy atom. The van der Waals surface area contributed by atoms with Crippen LogP contribution in [0.3, 0.4) is 0 Å². The van der Waals surface area contributed by atoms with Crippen LogP contribution in [0.5, 0.6) is 0 Å². The first-order valence-corrected chi connectivity index (χ1v) is 9.88. The SMILES string of the molecule is Cc1cc(CN2CCC[C@@H]2CN(C)c2nc(N)n3nc(-c4ccco4)nc3n2)no1. The molecule has 1 saturated heterocycles. The lowest BCUT2D eigenvalue weighted by molar-refractivity contribution is 0.240. The van der Waals surface area contributed by atoms with Crippen molar-refractivity contribution >= 4 is 17.7 Å². The second kappa shape index (κ2) is 7.41. The molecule has 1 aliphatic heterocycles. The minimum absolute atomic E-state index is 0.230. The van der Waals surface area contributed by atoms with E-state index in [9.17, 15) is 0 Å². The maximum absolute atomic E-state index is 6.12. The molecule has 156 valence electrons. The standard InChI is InChI=1S/C19H23N9O2/c1-12-9-13(25-30-12)10-27-7-3-5-14(27)11-26(2)18-22-17(20)28-19(23-18)21-16(24-28)15-6-4-8-29-15/h4,6,8-9,14H,3,5,7,10-11H2,1-2H3,(H2,20,21,22,23,24)/t14-/m1/s1. The van der Waals surface area contributed by atoms with Crippen LogP contribution >= 0.6 is 0 Å². The van der Waals surface area contributed by atoms with Gasteiger partial charge in [-0.2, -0.15) is 19.5 Å². The number of nitrogens with zero attached hydrogens (tertiary/aromatic N) is 8. The van der Waals surface area contributed by atoms with Crippen molar-refractivity contribution in [2.24, 2.45) is 0 Å². The van der Waals surface area contributed by atoms with E-state index < -0.39 is 0 Å². The normalized spacial score (nSPS) is 17.2. The van der Waals surface area contributed by atoms with Gasteiger partial charge in [0, 0.05) is 32.2 Å². The number of hydrogen-bond donors (Lipinski definition) is 1. The van der Waals surface area contributed by atoms with E-state index in [0.29, 0.717) is 29.4 Å². The first-order valence-electron chi connectivity index (χ1n) is 9.88. The molecule has 0 saturated carbocycles. The van der Waals surface area contributed by atoms with Crippen LogP contribution in [0.1, 0.15) is 24.3 Å². The zero-order valence-electron chi connectivity index (χ0n) is 16.9. The number of likely N-dealkylation sites (tertiary alicyclic amines) is 1. The molecule has 0 amide bonds. The fraction of sp³-hybridized carbons (Fsp3) is 0.421. The summed E-state index contributed by atoms with van der Waals surface area (Å²) in [4.78, 5) is 17.8. The van der Waals surface area contributed by atoms with Crippen molar-refractivity contribution in [2.45, 2.75) is 32.4 Å². The molecule has 0 aromatic carbocycles. The number of hydrogen-bond acceptors (Lipinski definition) is 10. The molecule has 1 atom stereocenters. The highest BCUT2D eigenvalue weighted by Gasteiger charge is 2.27. The first kappa shape index (κ1) is 18.6. The lowest BCUT2D eigenvalue weighted by Gasteiger charge is -2.28. The summed E-state index contributed by atoms with van der Waals surface area (Å²) in [5.74, 6) is 2.94. The van der Waals surface area contributed by atoms with E-state index in [4.69, 9.17) is 14.7 Å². The van der Waals surface area contributed by atoms with Crippen molar-refractivity contribution < 1.29 is 8.94 Å². The third-order valence-corrected chi connectivity index (χ3v) is 5.33. The summed E-state index contributed by atoms with van der Waals surface area (Å²) in [5.41, 5.74) is 7.08. The fourth-order valence-electron chi connectivity index (χ4n) is 3.88. The van der Waals surface area contributed by atoms with E-state index in [-0.39, 0.29) is 5.95 Å². The zero-order valence-corrected chi connectivity index (χ0v) is 16.9. The van der Waals surface area contributed by atoms with Gasteiger partial charge >= 0.3 is 0 Å². The Labute approximate surface area is 172 Å². The summed E-state index contributed by atoms with van der Waals surface area (Å²) in [5, 5.41) is 8.46. The number of aryl methyl sites for hydroxylation is 1. The van der Waals surface area contributed by atoms with Crippen molar-refractivity contribution in [1.29, 1.82) is 0 Å². The summed E-state index contributed by atoms with van der Waals surface area (Å²) in [6.07, 6.45) is 3.82. The number of likely N-dealkylation sites (N-methyl/N-ethyl adjacent to an activating group) is 1. The molecule has 11 nitrogen and oxygen atoms in total. The monoisotopic (exact) mass is 409 g/mol. The van der Waals surface area contributed by atoms with Gasteiger partial charge < -0.3 is 19.6 Å². The molecule has 1 fully saturated rings. The van der Waals surface area contributed by atoms with E-state index >= 15 is 0 Å². The molecule has 0 unspecified atom stereocenters. The van der Waals surface area contributed by atoms with Crippen LogP contribution in [0.2, 0.25) is 0 Å². The smallest absolute Gasteiger partial charge is 0.259 e. The maximum Gasteiger partial charge on any atom is 0.259 e. The third-order valence-electron chi connectivity index (χ3n) is 5.33. The van der Waals surface area contributed by atoms with Gasteiger partial charge in [-0.15, -0.1) is 5.10 Å². The molecule has 4 aromatic heterocycles. The van der Waals surface area contributed by atoms with Gasteiger partial charge in [0.2, 0.25) is 17.7 Å². The largest absolute Gasteiger partial charge is 0.461 e. The summed E-state index contributed by atoms with van der Waals surface area (Å²) in [6, 6.07) is 5.92. The minimum Gasteiger partial charge on any atom is -0.461 e. The Hall–Kier alpha value is -3.47. The molecule has 4 aromatic rings. The fourth-order valence-corrected chi connectivity index (χ4v) is 3.88. The van der Waals surface area contributed by atoms with Crippen molar-refractivity contribution in [3.63, 3.8) is 0 Å². The Morgan fingerprint density at radius 3 is 2.97 bits per heavy atom. The van der Waals surface area contributed by atoms with Crippen LogP contribution in [-0.2, 0) is 6.54 Å². The Morgan fingerprint density at radius 2 is 2.20 bits per heavy atom. The highest BCUT2D eigenvalue weighted by atomic mass is 16.5. The van der Waals surface area contributed by atoms with Gasteiger partial charge in [0.25, 0.3) is 5.78 Å². The maximum atomic E-state index is 6.12. The zero-order chi connectivity index (χ0) is 20.7. The molecule has 0 bridgehead atoms. The van der Waals surface area contributed by atoms with Gasteiger partial charge in [0.1, 0.15) is 5.76 Å². The van der Waals surface area contributed by atoms with Crippen LogP contribution in [0.4, 0.5) is 11.9 Å². The first-order chi connectivity index (χ1) is 14.6. The molecule has 30 heavy (non-hydrogen) atoms. The van der Waals surface area contributed by atoms with Crippen LogP contribution < -0.4 is 10.6 Å². The molecule has 11 heteroatoms. The van der Waals surface area contributed by atoms with E-state index in [1.165, 1.54) is 4.52 Å². The van der Waals surface area contributed by atoms with Crippen molar-refractivity contribution in [2.75, 3.05) is 30.8 Å². The van der Waals surface area contributed by atoms with Gasteiger partial charge in [-0.25, -0.2) is 0 Å². The predicted octanol–water partition coefficient (Wildman–Crippen LogP) is 1.76. The molecule has 5 rings (SSSR count). The summed E-state index contributed by atoms with van der Waals surface area (Å²) < 4.78 is 12.0. The van der Waals surface area contributed by atoms with Gasteiger partial charge in [-0.1, -0.05) is 5.16 Å². The average molecular weight is 409 g/mol. The second-order valence-electron chi connectivity index (χ2n) is 7.58. The Bertz CT molecular complexity index is 1150. The highest BCUT2D eigenvalue weighted by Crippen LogP contribution is 2.23. The summed E-state index contributed by atoms with van der Waals surface area (Å²) >= 11 is 0. The van der Waals surface area contributed by atoms with Gasteiger partial charge in [0.15, 0.2) is 5.76 Å². The van der Waals surface area contributed by atoms with E-state index in [1.807, 2.05) is 24.9 Å². The molecule has 0 aliphatic carbocycles. The Balaban J connectivity index is 1.34. The lowest BCUT2D eigenvalue weighted by Crippen LogP contribution is -2.39. The minimum atomic E-state index is 0.230. The molecule has 2 N–H and O–H groups in total. The summed E-state index contributed by atoms with van der Waals surface area (Å²) in [7, 11) is 1.96. The van der Waals surface area contributed by atoms with Crippen molar-refractivity contribution in [1.82, 2.24) is 34.6 Å². The lowest BCUT2D eigenvalue weighted by atomic mass is 10.2. The number of anilines is 2. The van der Waals surface area contributed by atoms with E-state index in [1.54, 1.807) is 18.4 Å². The van der Waals surface area contributed by atoms with Crippen molar-refractivity contribution in [3.8, 4) is 11.6 Å². The van der Waals surface area contributed by atoms with Gasteiger partial charge in [0.05, 0.1) is 12.0 Å². The van der Waals surface area contributed by atoms with Crippen molar-refractivity contribution in [3.05, 3.63) is 35.9 Å². The highest BCUT2D eigenvalue weighted by molar-refractivity contribution is 5.53. The molecular weight excluding hydrogens is 386 g/mol. The van der Waals surface area contributed by atoms with Crippen LogP contribution in [-0.4, -0.2) is 60.8 Å². The van der Waals surface area contributed by atoms with Gasteiger partial charge in [-0.3, -0.25) is 4.90 Å². The number of nitrogen functional groups attached to an aromatic ring is 1. The van der Waals surface area contributed by atoms with Crippen LogP contribution in [0.15, 0.2) is 33.4 Å². The number of aromatic nitrogens is 6. The van der Waals surface area contributed by atoms with Gasteiger partial charge in [-0.05, 0) is 38.4 Å². The number of nitrogens with two attached hydrogens (primary N) is 1. The quantitative estimate of drug-likeness (QED) is 0.503. The van der Waals surface area contributed by atoms with E-state index in [0.717, 1.165) is 43.9 Å². The van der Waals surface area contributed by atoms with Crippen LogP contribution in [0, 0.1) is 6.92 Å². The molecule has 1 aliphatic rings. The third kappa shape index (κ3) is 3.47. The number of furan rings is 1. The van der Waals surface area contributed by atoms with E-state index in [2.05, 4.69) is 30.1 Å². The topological polar surface area (TPSA) is 128 Å². The molecular formula is C19H23N9O2. The molecule has 0 spiro atoms. The predicted molar refractivity (Wildman–Crippen MR) is 109 cm³/mol. The summed E-state index contributed by atoms with van der Waals surface area (Å²) in [6.45, 7) is 4.48. The Kier molecular flexibility index (Phi) is 4.58. The number of rotatable bonds is 6. The number of fused-ring (bicyclic) bond motifs is 1. The molecule has 5 heterocycles. The molecule has 0 radical (unpaired) electrons. The average Bonchev–Trinajstić information content (AvgIpc) is 3.49. The second-order valence-corrected chi connectivity index (χ2v) is 7.58. The van der Waals surface area contributed by atoms with Crippen LogP contribution in [0.25, 0.3) is 17.4 Å².